The molecule has 7 heteroatoms. The molecule has 0 bridgehead atoms. The molecule has 2 aromatic heterocycles. The molecular formula is C13H18IN5O. The molecule has 2 heterocycles. The molecule has 0 aliphatic rings. The van der Waals surface area contributed by atoms with E-state index in [0.717, 1.165) is 33.7 Å². The van der Waals surface area contributed by atoms with Gasteiger partial charge in [-0.2, -0.15) is 0 Å². The summed E-state index contributed by atoms with van der Waals surface area (Å²) in [6.07, 6.45) is 4.55. The molecule has 0 amide bonds. The van der Waals surface area contributed by atoms with Crippen molar-refractivity contribution in [3.63, 3.8) is 0 Å². The van der Waals surface area contributed by atoms with Gasteiger partial charge >= 0.3 is 0 Å². The smallest absolute Gasteiger partial charge is 0.180 e. The zero-order valence-electron chi connectivity index (χ0n) is 11.9. The Balaban J connectivity index is 2.46. The minimum atomic E-state index is 0.465. The standard InChI is InChI=1S/C13H18IN5O/c1-4-5-16-13-11(14)9(7-20-3)17-12(18-13)10-6-15-8-19(10)2/h6,8H,4-5,7H2,1-3H3,(H,16,17,18). The Morgan fingerprint density at radius 1 is 1.40 bits per heavy atom. The van der Waals surface area contributed by atoms with Crippen LogP contribution in [0.25, 0.3) is 11.5 Å². The number of aromatic nitrogens is 4. The second kappa shape index (κ2) is 6.98. The van der Waals surface area contributed by atoms with Crippen molar-refractivity contribution in [1.82, 2.24) is 19.5 Å². The summed E-state index contributed by atoms with van der Waals surface area (Å²) < 4.78 is 8.13. The molecule has 0 spiro atoms. The van der Waals surface area contributed by atoms with Gasteiger partial charge in [-0.25, -0.2) is 15.0 Å². The van der Waals surface area contributed by atoms with Crippen LogP contribution in [0.4, 0.5) is 5.82 Å². The SMILES string of the molecule is CCCNc1nc(-c2cncn2C)nc(COC)c1I. The summed E-state index contributed by atoms with van der Waals surface area (Å²) in [7, 11) is 3.60. The summed E-state index contributed by atoms with van der Waals surface area (Å²) in [4.78, 5) is 13.3. The van der Waals surface area contributed by atoms with Crippen molar-refractivity contribution in [2.75, 3.05) is 19.0 Å². The lowest BCUT2D eigenvalue weighted by Gasteiger charge is -2.12. The van der Waals surface area contributed by atoms with Gasteiger partial charge in [0.15, 0.2) is 5.82 Å². The number of methoxy groups -OCH3 is 1. The van der Waals surface area contributed by atoms with Crippen molar-refractivity contribution in [2.45, 2.75) is 20.0 Å². The van der Waals surface area contributed by atoms with Crippen molar-refractivity contribution in [1.29, 1.82) is 0 Å². The number of nitrogens with one attached hydrogen (secondary N) is 1. The average Bonchev–Trinajstić information content (AvgIpc) is 2.86. The fourth-order valence-electron chi connectivity index (χ4n) is 1.77. The van der Waals surface area contributed by atoms with Gasteiger partial charge in [0.05, 0.1) is 28.4 Å². The van der Waals surface area contributed by atoms with Gasteiger partial charge in [-0.1, -0.05) is 6.92 Å². The van der Waals surface area contributed by atoms with Crippen LogP contribution in [-0.2, 0) is 18.4 Å². The second-order valence-electron chi connectivity index (χ2n) is 4.41. The van der Waals surface area contributed by atoms with Gasteiger partial charge in [-0.3, -0.25) is 0 Å². The lowest BCUT2D eigenvalue weighted by molar-refractivity contribution is 0.181. The van der Waals surface area contributed by atoms with Crippen LogP contribution in [0.15, 0.2) is 12.5 Å². The molecule has 2 aromatic rings. The Morgan fingerprint density at radius 3 is 2.80 bits per heavy atom. The van der Waals surface area contributed by atoms with Gasteiger partial charge in [-0.15, -0.1) is 0 Å². The average molecular weight is 387 g/mol. The van der Waals surface area contributed by atoms with E-state index in [1.165, 1.54) is 0 Å². The highest BCUT2D eigenvalue weighted by atomic mass is 127. The Labute approximate surface area is 132 Å². The summed E-state index contributed by atoms with van der Waals surface area (Å²) in [6.45, 7) is 3.47. The van der Waals surface area contributed by atoms with E-state index in [1.54, 1.807) is 19.6 Å². The summed E-state index contributed by atoms with van der Waals surface area (Å²) in [5, 5.41) is 3.34. The normalized spacial score (nSPS) is 10.8. The Bertz CT molecular complexity index is 584. The molecule has 0 saturated carbocycles. The van der Waals surface area contributed by atoms with E-state index in [4.69, 9.17) is 4.74 Å². The van der Waals surface area contributed by atoms with Crippen LogP contribution in [-0.4, -0.2) is 33.2 Å². The zero-order chi connectivity index (χ0) is 14.5. The van der Waals surface area contributed by atoms with Crippen molar-refractivity contribution in [2.24, 2.45) is 7.05 Å². The molecule has 0 aromatic carbocycles. The molecule has 0 saturated heterocycles. The largest absolute Gasteiger partial charge is 0.378 e. The molecule has 0 aliphatic carbocycles. The second-order valence-corrected chi connectivity index (χ2v) is 5.48. The first-order chi connectivity index (χ1) is 9.67. The Morgan fingerprint density at radius 2 is 2.20 bits per heavy atom. The van der Waals surface area contributed by atoms with E-state index >= 15 is 0 Å². The fourth-order valence-corrected chi connectivity index (χ4v) is 2.36. The predicted molar refractivity (Wildman–Crippen MR) is 86.4 cm³/mol. The molecule has 0 fully saturated rings. The first kappa shape index (κ1) is 15.2. The monoisotopic (exact) mass is 387 g/mol. The van der Waals surface area contributed by atoms with Crippen LogP contribution < -0.4 is 5.32 Å². The Kier molecular flexibility index (Phi) is 5.30. The third-order valence-electron chi connectivity index (χ3n) is 2.79. The van der Waals surface area contributed by atoms with Crippen LogP contribution in [0.1, 0.15) is 19.0 Å². The molecule has 6 nitrogen and oxygen atoms in total. The van der Waals surface area contributed by atoms with Crippen molar-refractivity contribution < 1.29 is 4.74 Å². The number of hydrogen-bond acceptors (Lipinski definition) is 5. The first-order valence-corrected chi connectivity index (χ1v) is 7.51. The summed E-state index contributed by atoms with van der Waals surface area (Å²) >= 11 is 2.26. The molecule has 108 valence electrons. The van der Waals surface area contributed by atoms with Crippen molar-refractivity contribution in [3.8, 4) is 11.5 Å². The topological polar surface area (TPSA) is 64.9 Å². The van der Waals surface area contributed by atoms with Crippen molar-refractivity contribution in [3.05, 3.63) is 21.8 Å². The maximum absolute atomic E-state index is 5.23. The first-order valence-electron chi connectivity index (χ1n) is 6.43. The summed E-state index contributed by atoms with van der Waals surface area (Å²) in [5.41, 5.74) is 1.77. The van der Waals surface area contributed by atoms with E-state index in [9.17, 15) is 0 Å². The van der Waals surface area contributed by atoms with E-state index in [1.807, 2.05) is 11.6 Å². The molecule has 0 aliphatic heterocycles. The van der Waals surface area contributed by atoms with Gasteiger partial charge in [0.2, 0.25) is 0 Å². The third kappa shape index (κ3) is 3.26. The van der Waals surface area contributed by atoms with E-state index in [-0.39, 0.29) is 0 Å². The number of aryl methyl sites for hydroxylation is 1. The molecule has 1 N–H and O–H groups in total. The molecule has 0 unspecified atom stereocenters. The van der Waals surface area contributed by atoms with Crippen molar-refractivity contribution >= 4 is 28.4 Å². The number of anilines is 1. The van der Waals surface area contributed by atoms with E-state index < -0.39 is 0 Å². The lowest BCUT2D eigenvalue weighted by Crippen LogP contribution is -2.10. The lowest BCUT2D eigenvalue weighted by atomic mass is 10.3. The highest BCUT2D eigenvalue weighted by Crippen LogP contribution is 2.24. The van der Waals surface area contributed by atoms with Gasteiger partial charge in [0.25, 0.3) is 0 Å². The predicted octanol–water partition coefficient (Wildman–Crippen LogP) is 2.45. The van der Waals surface area contributed by atoms with Crippen LogP contribution in [0.3, 0.4) is 0 Å². The Hall–Kier alpha value is -1.22. The minimum Gasteiger partial charge on any atom is -0.378 e. The maximum Gasteiger partial charge on any atom is 0.180 e. The third-order valence-corrected chi connectivity index (χ3v) is 3.92. The molecule has 2 rings (SSSR count). The van der Waals surface area contributed by atoms with Gasteiger partial charge in [0, 0.05) is 20.7 Å². The molecular weight excluding hydrogens is 369 g/mol. The van der Waals surface area contributed by atoms with Crippen LogP contribution in [0.2, 0.25) is 0 Å². The van der Waals surface area contributed by atoms with E-state index in [2.05, 4.69) is 49.8 Å². The number of imidazole rings is 1. The molecule has 0 atom stereocenters. The van der Waals surface area contributed by atoms with Crippen LogP contribution in [0, 0.1) is 3.57 Å². The summed E-state index contributed by atoms with van der Waals surface area (Å²) in [6, 6.07) is 0. The van der Waals surface area contributed by atoms with Gasteiger partial charge in [0.1, 0.15) is 11.5 Å². The van der Waals surface area contributed by atoms with Crippen LogP contribution >= 0.6 is 22.6 Å². The molecule has 0 radical (unpaired) electrons. The van der Waals surface area contributed by atoms with E-state index in [0.29, 0.717) is 12.4 Å². The number of ether oxygens (including phenoxy) is 1. The van der Waals surface area contributed by atoms with Gasteiger partial charge in [-0.05, 0) is 29.0 Å². The van der Waals surface area contributed by atoms with Gasteiger partial charge < -0.3 is 14.6 Å². The summed E-state index contributed by atoms with van der Waals surface area (Å²) in [5.74, 6) is 1.52. The minimum absolute atomic E-state index is 0.465. The number of halogens is 1. The highest BCUT2D eigenvalue weighted by molar-refractivity contribution is 14.1. The number of rotatable bonds is 6. The maximum atomic E-state index is 5.23. The zero-order valence-corrected chi connectivity index (χ0v) is 14.0. The fraction of sp³-hybridized carbons (Fsp3) is 0.462. The molecule has 20 heavy (non-hydrogen) atoms. The highest BCUT2D eigenvalue weighted by Gasteiger charge is 2.14. The number of hydrogen-bond donors (Lipinski definition) is 1. The number of nitrogens with zero attached hydrogens (tertiary/aromatic N) is 4. The van der Waals surface area contributed by atoms with Crippen LogP contribution in [0.5, 0.6) is 0 Å². The quantitative estimate of drug-likeness (QED) is 0.772.